The molecule has 3 heteroatoms. The molecule has 1 N–H and O–H groups in total. The minimum atomic E-state index is 0.491. The van der Waals surface area contributed by atoms with Crippen LogP contribution in [0.4, 0.5) is 5.95 Å². The maximum Gasteiger partial charge on any atom is 0.203 e. The van der Waals surface area contributed by atoms with Crippen molar-refractivity contribution in [2.24, 2.45) is 5.92 Å². The lowest BCUT2D eigenvalue weighted by molar-refractivity contribution is 0.336. The van der Waals surface area contributed by atoms with E-state index in [-0.39, 0.29) is 0 Å². The number of hydrogen-bond donors (Lipinski definition) is 1. The van der Waals surface area contributed by atoms with Crippen molar-refractivity contribution < 1.29 is 0 Å². The van der Waals surface area contributed by atoms with E-state index < -0.39 is 0 Å². The third kappa shape index (κ3) is 2.87. The SMILES string of the molecule is C=CCNc1nccn1C(C)C(CC)CC. The van der Waals surface area contributed by atoms with E-state index in [0.717, 1.165) is 12.5 Å². The summed E-state index contributed by atoms with van der Waals surface area (Å²) in [5.74, 6) is 1.65. The van der Waals surface area contributed by atoms with E-state index in [1.807, 2.05) is 12.3 Å². The van der Waals surface area contributed by atoms with Crippen LogP contribution in [0.25, 0.3) is 0 Å². The Kier molecular flexibility index (Phi) is 5.09. The number of rotatable bonds is 7. The molecule has 1 aromatic rings. The summed E-state index contributed by atoms with van der Waals surface area (Å²) >= 11 is 0. The van der Waals surface area contributed by atoms with Crippen LogP contribution in [0, 0.1) is 5.92 Å². The van der Waals surface area contributed by atoms with Gasteiger partial charge in [0.25, 0.3) is 0 Å². The molecule has 16 heavy (non-hydrogen) atoms. The van der Waals surface area contributed by atoms with E-state index in [1.54, 1.807) is 0 Å². The van der Waals surface area contributed by atoms with E-state index in [2.05, 4.69) is 48.4 Å². The smallest absolute Gasteiger partial charge is 0.203 e. The van der Waals surface area contributed by atoms with Crippen LogP contribution in [-0.2, 0) is 0 Å². The Bertz CT molecular complexity index is 313. The summed E-state index contributed by atoms with van der Waals surface area (Å²) in [6.45, 7) is 11.2. The second-order valence-corrected chi connectivity index (χ2v) is 4.14. The molecular weight excluding hydrogens is 198 g/mol. The fourth-order valence-electron chi connectivity index (χ4n) is 2.14. The lowest BCUT2D eigenvalue weighted by Gasteiger charge is -2.24. The summed E-state index contributed by atoms with van der Waals surface area (Å²) < 4.78 is 2.22. The lowest BCUT2D eigenvalue weighted by atomic mass is 9.95. The Morgan fingerprint density at radius 2 is 2.19 bits per heavy atom. The van der Waals surface area contributed by atoms with Gasteiger partial charge in [-0.25, -0.2) is 4.98 Å². The zero-order valence-corrected chi connectivity index (χ0v) is 10.6. The second-order valence-electron chi connectivity index (χ2n) is 4.14. The summed E-state index contributed by atoms with van der Waals surface area (Å²) in [6.07, 6.45) is 8.16. The molecule has 0 bridgehead atoms. The minimum Gasteiger partial charge on any atom is -0.352 e. The van der Waals surface area contributed by atoms with Gasteiger partial charge in [-0.05, 0) is 12.8 Å². The van der Waals surface area contributed by atoms with Crippen LogP contribution in [0.3, 0.4) is 0 Å². The van der Waals surface area contributed by atoms with Crippen molar-refractivity contribution in [1.29, 1.82) is 0 Å². The van der Waals surface area contributed by atoms with Crippen LogP contribution < -0.4 is 5.32 Å². The van der Waals surface area contributed by atoms with E-state index in [0.29, 0.717) is 12.0 Å². The molecular formula is C13H23N3. The van der Waals surface area contributed by atoms with Crippen molar-refractivity contribution in [3.05, 3.63) is 25.0 Å². The quantitative estimate of drug-likeness (QED) is 0.714. The number of nitrogens with zero attached hydrogens (tertiary/aromatic N) is 2. The molecule has 0 aliphatic heterocycles. The van der Waals surface area contributed by atoms with Crippen molar-refractivity contribution in [2.45, 2.75) is 39.7 Å². The van der Waals surface area contributed by atoms with Crippen LogP contribution in [0.2, 0.25) is 0 Å². The number of aromatic nitrogens is 2. The van der Waals surface area contributed by atoms with Gasteiger partial charge in [0, 0.05) is 25.0 Å². The first-order valence-corrected chi connectivity index (χ1v) is 6.12. The molecule has 0 fully saturated rings. The Morgan fingerprint density at radius 1 is 1.50 bits per heavy atom. The second kappa shape index (κ2) is 6.36. The van der Waals surface area contributed by atoms with Gasteiger partial charge in [-0.2, -0.15) is 0 Å². The maximum absolute atomic E-state index is 4.33. The third-order valence-electron chi connectivity index (χ3n) is 3.24. The third-order valence-corrected chi connectivity index (χ3v) is 3.24. The van der Waals surface area contributed by atoms with Crippen molar-refractivity contribution in [2.75, 3.05) is 11.9 Å². The highest BCUT2D eigenvalue weighted by molar-refractivity contribution is 5.27. The molecule has 0 aliphatic carbocycles. The molecule has 1 aromatic heterocycles. The van der Waals surface area contributed by atoms with Gasteiger partial charge in [0.2, 0.25) is 5.95 Å². The highest BCUT2D eigenvalue weighted by atomic mass is 15.2. The topological polar surface area (TPSA) is 29.9 Å². The van der Waals surface area contributed by atoms with Crippen molar-refractivity contribution in [3.63, 3.8) is 0 Å². The van der Waals surface area contributed by atoms with Crippen LogP contribution in [-0.4, -0.2) is 16.1 Å². The lowest BCUT2D eigenvalue weighted by Crippen LogP contribution is -2.17. The van der Waals surface area contributed by atoms with Gasteiger partial charge >= 0.3 is 0 Å². The molecule has 1 rings (SSSR count). The predicted octanol–water partition coefficient (Wildman–Crippen LogP) is 3.48. The monoisotopic (exact) mass is 221 g/mol. The molecule has 1 heterocycles. The van der Waals surface area contributed by atoms with Crippen LogP contribution in [0.5, 0.6) is 0 Å². The first kappa shape index (κ1) is 12.8. The molecule has 0 aromatic carbocycles. The van der Waals surface area contributed by atoms with Crippen molar-refractivity contribution in [3.8, 4) is 0 Å². The summed E-state index contributed by atoms with van der Waals surface area (Å²) in [6, 6.07) is 0.491. The normalized spacial score (nSPS) is 12.8. The largest absolute Gasteiger partial charge is 0.352 e. The molecule has 1 atom stereocenters. The Morgan fingerprint density at radius 3 is 2.75 bits per heavy atom. The highest BCUT2D eigenvalue weighted by Gasteiger charge is 2.17. The number of nitrogens with one attached hydrogen (secondary N) is 1. The van der Waals surface area contributed by atoms with Crippen molar-refractivity contribution in [1.82, 2.24) is 9.55 Å². The maximum atomic E-state index is 4.33. The van der Waals surface area contributed by atoms with E-state index in [4.69, 9.17) is 0 Å². The minimum absolute atomic E-state index is 0.491. The molecule has 0 spiro atoms. The number of imidazole rings is 1. The first-order valence-electron chi connectivity index (χ1n) is 6.12. The molecule has 0 amide bonds. The molecule has 0 saturated heterocycles. The zero-order chi connectivity index (χ0) is 12.0. The Hall–Kier alpha value is -1.25. The standard InChI is InChI=1S/C13H23N3/c1-5-8-14-13-15-9-10-16(13)11(4)12(6-2)7-3/h5,9-12H,1,6-8H2,2-4H3,(H,14,15). The highest BCUT2D eigenvalue weighted by Crippen LogP contribution is 2.26. The average Bonchev–Trinajstić information content (AvgIpc) is 2.75. The first-order chi connectivity index (χ1) is 7.74. The van der Waals surface area contributed by atoms with Gasteiger partial charge < -0.3 is 9.88 Å². The van der Waals surface area contributed by atoms with Crippen molar-refractivity contribution >= 4 is 5.95 Å². The Labute approximate surface area is 98.6 Å². The van der Waals surface area contributed by atoms with Gasteiger partial charge in [0.15, 0.2) is 0 Å². The molecule has 0 saturated carbocycles. The Balaban J connectivity index is 2.77. The molecule has 1 unspecified atom stereocenters. The van der Waals surface area contributed by atoms with E-state index >= 15 is 0 Å². The van der Waals surface area contributed by atoms with E-state index in [9.17, 15) is 0 Å². The molecule has 3 nitrogen and oxygen atoms in total. The summed E-state index contributed by atoms with van der Waals surface area (Å²) in [5, 5.41) is 3.26. The van der Waals surface area contributed by atoms with Gasteiger partial charge in [-0.1, -0.05) is 32.8 Å². The molecule has 90 valence electrons. The fourth-order valence-corrected chi connectivity index (χ4v) is 2.14. The van der Waals surface area contributed by atoms with Gasteiger partial charge in [0.1, 0.15) is 0 Å². The van der Waals surface area contributed by atoms with Crippen LogP contribution in [0.1, 0.15) is 39.7 Å². The van der Waals surface area contributed by atoms with E-state index in [1.165, 1.54) is 12.8 Å². The molecule has 0 aliphatic rings. The predicted molar refractivity (Wildman–Crippen MR) is 69.7 cm³/mol. The summed E-state index contributed by atoms with van der Waals surface area (Å²) in [7, 11) is 0. The molecule has 0 radical (unpaired) electrons. The van der Waals surface area contributed by atoms with Gasteiger partial charge in [0.05, 0.1) is 0 Å². The van der Waals surface area contributed by atoms with Gasteiger partial charge in [-0.15, -0.1) is 6.58 Å². The average molecular weight is 221 g/mol. The summed E-state index contributed by atoms with van der Waals surface area (Å²) in [5.41, 5.74) is 0. The number of anilines is 1. The number of hydrogen-bond acceptors (Lipinski definition) is 2. The zero-order valence-electron chi connectivity index (χ0n) is 10.6. The summed E-state index contributed by atoms with van der Waals surface area (Å²) in [4.78, 5) is 4.33. The van der Waals surface area contributed by atoms with Crippen LogP contribution >= 0.6 is 0 Å². The van der Waals surface area contributed by atoms with Crippen LogP contribution in [0.15, 0.2) is 25.0 Å². The fraction of sp³-hybridized carbons (Fsp3) is 0.615. The van der Waals surface area contributed by atoms with Gasteiger partial charge in [-0.3, -0.25) is 0 Å².